The molecular formula is C21H34N2OY. The molecule has 0 amide bonds. The number of nitriles is 1. The van der Waals surface area contributed by atoms with Crippen molar-refractivity contribution in [3.05, 3.63) is 70.1 Å². The van der Waals surface area contributed by atoms with Crippen molar-refractivity contribution in [3.63, 3.8) is 0 Å². The molecule has 2 rings (SSSR count). The Kier molecular flexibility index (Phi) is 20.5. The maximum Gasteiger partial charge on any atom is 0.250 e. The van der Waals surface area contributed by atoms with Crippen LogP contribution in [0.15, 0.2) is 53.5 Å². The molecule has 0 spiro atoms. The molecule has 1 heterocycles. The molecule has 0 aliphatic rings. The Hall–Kier alpha value is -1.24. The van der Waals surface area contributed by atoms with E-state index < -0.39 is 0 Å². The molecule has 0 unspecified atom stereocenters. The summed E-state index contributed by atoms with van der Waals surface area (Å²) in [5.41, 5.74) is 2.08. The minimum absolute atomic E-state index is 0. The first-order valence-electron chi connectivity index (χ1n) is 7.13. The van der Waals surface area contributed by atoms with Gasteiger partial charge in [0.2, 0.25) is 0 Å². The summed E-state index contributed by atoms with van der Waals surface area (Å²) in [6.45, 7) is 8.26. The van der Waals surface area contributed by atoms with Gasteiger partial charge in [-0.3, -0.25) is 4.79 Å². The van der Waals surface area contributed by atoms with Crippen molar-refractivity contribution in [3.8, 4) is 6.07 Å². The van der Waals surface area contributed by atoms with Crippen LogP contribution in [0.4, 0.5) is 0 Å². The van der Waals surface area contributed by atoms with Crippen LogP contribution in [0.25, 0.3) is 0 Å². The van der Waals surface area contributed by atoms with Crippen LogP contribution in [0.5, 0.6) is 0 Å². The molecule has 0 aliphatic heterocycles. The van der Waals surface area contributed by atoms with E-state index in [0.29, 0.717) is 5.92 Å². The van der Waals surface area contributed by atoms with Gasteiger partial charge in [0.25, 0.3) is 5.56 Å². The molecule has 137 valence electrons. The second-order valence-electron chi connectivity index (χ2n) is 5.43. The van der Waals surface area contributed by atoms with E-state index in [0.717, 1.165) is 5.56 Å². The molecule has 2 aromatic rings. The summed E-state index contributed by atoms with van der Waals surface area (Å²) < 4.78 is 1.69. The van der Waals surface area contributed by atoms with E-state index in [-0.39, 0.29) is 66.6 Å². The van der Waals surface area contributed by atoms with Crippen molar-refractivity contribution in [1.29, 1.82) is 5.26 Å². The number of pyridine rings is 1. The van der Waals surface area contributed by atoms with E-state index in [1.54, 1.807) is 22.9 Å². The molecule has 0 fully saturated rings. The molecule has 0 aliphatic carbocycles. The van der Waals surface area contributed by atoms with Gasteiger partial charge in [-0.2, -0.15) is 5.26 Å². The standard InChI is InChI=1S/C10H11N.C8H11NO.3CH4.Y/c1-8(2)10-5-3-9(7-11)4-6-10;1-7(2)9-6-4-3-5-8(9)10;;;;/h3-6,8H,1-2H3;3-7H,1-2H3;3*1H4;. The predicted octanol–water partition coefficient (Wildman–Crippen LogP) is 6.02. The third-order valence-corrected chi connectivity index (χ3v) is 3.11. The Labute approximate surface area is 180 Å². The minimum Gasteiger partial charge on any atom is -0.313 e. The number of nitrogens with zero attached hydrogens (tertiary/aromatic N) is 2. The summed E-state index contributed by atoms with van der Waals surface area (Å²) in [6, 6.07) is 15.3. The topological polar surface area (TPSA) is 45.8 Å². The molecule has 0 N–H and O–H groups in total. The maximum absolute atomic E-state index is 11.0. The number of rotatable bonds is 2. The Balaban J connectivity index is -0.000000152. The SMILES string of the molecule is C.C.C.CC(C)c1ccc(C#N)cc1.CC(C)n1ccccc1=O.[Y]. The first kappa shape index (κ1) is 31.5. The second kappa shape index (κ2) is 16.2. The Bertz CT molecular complexity index is 653. The molecule has 1 aromatic carbocycles. The average Bonchev–Trinajstić information content (AvgIpc) is 2.48. The summed E-state index contributed by atoms with van der Waals surface area (Å²) in [4.78, 5) is 11.0. The third-order valence-electron chi connectivity index (χ3n) is 3.11. The summed E-state index contributed by atoms with van der Waals surface area (Å²) >= 11 is 0. The van der Waals surface area contributed by atoms with Gasteiger partial charge in [0, 0.05) is 51.0 Å². The molecule has 0 bridgehead atoms. The van der Waals surface area contributed by atoms with Crippen molar-refractivity contribution in [2.75, 3.05) is 0 Å². The maximum atomic E-state index is 11.0. The quantitative estimate of drug-likeness (QED) is 0.598. The van der Waals surface area contributed by atoms with Gasteiger partial charge in [0.1, 0.15) is 0 Å². The molecule has 1 aromatic heterocycles. The van der Waals surface area contributed by atoms with Crippen molar-refractivity contribution >= 4 is 0 Å². The van der Waals surface area contributed by atoms with E-state index in [2.05, 4.69) is 19.9 Å². The Morgan fingerprint density at radius 2 is 1.44 bits per heavy atom. The molecule has 1 radical (unpaired) electrons. The van der Waals surface area contributed by atoms with Gasteiger partial charge in [0.05, 0.1) is 11.6 Å². The number of hydrogen-bond acceptors (Lipinski definition) is 2. The normalized spacial score (nSPS) is 8.36. The fourth-order valence-corrected chi connectivity index (χ4v) is 1.81. The van der Waals surface area contributed by atoms with Gasteiger partial charge in [-0.1, -0.05) is 54.3 Å². The van der Waals surface area contributed by atoms with Crippen molar-refractivity contribution in [2.24, 2.45) is 0 Å². The first-order valence-corrected chi connectivity index (χ1v) is 7.13. The minimum atomic E-state index is 0. The summed E-state index contributed by atoms with van der Waals surface area (Å²) in [6.07, 6.45) is 1.80. The zero-order valence-electron chi connectivity index (χ0n) is 13.7. The number of aromatic nitrogens is 1. The molecule has 4 heteroatoms. The average molecular weight is 419 g/mol. The first-order chi connectivity index (χ1) is 9.95. The fourth-order valence-electron chi connectivity index (χ4n) is 1.81. The number of hydrogen-bond donors (Lipinski definition) is 0. The van der Waals surface area contributed by atoms with Crippen LogP contribution < -0.4 is 5.56 Å². The molecular weight excluding hydrogens is 385 g/mol. The summed E-state index contributed by atoms with van der Waals surface area (Å²) in [7, 11) is 0. The molecule has 3 nitrogen and oxygen atoms in total. The second-order valence-corrected chi connectivity index (χ2v) is 5.43. The van der Waals surface area contributed by atoms with Crippen molar-refractivity contribution in [1.82, 2.24) is 4.57 Å². The predicted molar refractivity (Wildman–Crippen MR) is 107 cm³/mol. The van der Waals surface area contributed by atoms with Crippen molar-refractivity contribution in [2.45, 2.75) is 61.9 Å². The summed E-state index contributed by atoms with van der Waals surface area (Å²) in [5.74, 6) is 0.544. The van der Waals surface area contributed by atoms with E-state index in [4.69, 9.17) is 5.26 Å². The van der Waals surface area contributed by atoms with Gasteiger partial charge >= 0.3 is 0 Å². The fraction of sp³-hybridized carbons (Fsp3) is 0.429. The van der Waals surface area contributed by atoms with Gasteiger partial charge in [0.15, 0.2) is 0 Å². The van der Waals surface area contributed by atoms with E-state index in [1.807, 2.05) is 44.2 Å². The molecule has 0 atom stereocenters. The van der Waals surface area contributed by atoms with Gasteiger partial charge < -0.3 is 4.57 Å². The molecule has 25 heavy (non-hydrogen) atoms. The van der Waals surface area contributed by atoms with Crippen LogP contribution in [0, 0.1) is 11.3 Å². The van der Waals surface area contributed by atoms with Gasteiger partial charge in [-0.15, -0.1) is 0 Å². The van der Waals surface area contributed by atoms with E-state index >= 15 is 0 Å². The zero-order chi connectivity index (χ0) is 15.8. The largest absolute Gasteiger partial charge is 0.313 e. The van der Waals surface area contributed by atoms with Crippen LogP contribution in [0.1, 0.15) is 73.1 Å². The van der Waals surface area contributed by atoms with E-state index in [9.17, 15) is 4.79 Å². The number of benzene rings is 1. The smallest absolute Gasteiger partial charge is 0.250 e. The van der Waals surface area contributed by atoms with E-state index in [1.165, 1.54) is 5.56 Å². The van der Waals surface area contributed by atoms with Gasteiger partial charge in [-0.05, 0) is 43.5 Å². The van der Waals surface area contributed by atoms with Crippen LogP contribution in [0.2, 0.25) is 0 Å². The Morgan fingerprint density at radius 3 is 1.76 bits per heavy atom. The third kappa shape index (κ3) is 11.1. The van der Waals surface area contributed by atoms with Crippen LogP contribution in [0.3, 0.4) is 0 Å². The van der Waals surface area contributed by atoms with Gasteiger partial charge in [-0.25, -0.2) is 0 Å². The monoisotopic (exact) mass is 419 g/mol. The Morgan fingerprint density at radius 1 is 0.920 bits per heavy atom. The molecule has 0 saturated carbocycles. The zero-order valence-corrected chi connectivity index (χ0v) is 16.5. The molecule has 0 saturated heterocycles. The van der Waals surface area contributed by atoms with Crippen molar-refractivity contribution < 1.29 is 32.7 Å². The van der Waals surface area contributed by atoms with Crippen LogP contribution >= 0.6 is 0 Å². The summed E-state index contributed by atoms with van der Waals surface area (Å²) in [5, 5.41) is 8.52. The van der Waals surface area contributed by atoms with Crippen LogP contribution in [-0.2, 0) is 32.7 Å². The van der Waals surface area contributed by atoms with Crippen LogP contribution in [-0.4, -0.2) is 4.57 Å².